The molecule has 3 nitrogen and oxygen atoms in total. The van der Waals surface area contributed by atoms with E-state index in [-0.39, 0.29) is 0 Å². The molecule has 0 spiro atoms. The Morgan fingerprint density at radius 3 is 0.958 bits per heavy atom. The average molecular weight is 376 g/mol. The van der Waals surface area contributed by atoms with Crippen LogP contribution in [0.15, 0.2) is 15.0 Å². The molecule has 0 saturated carbocycles. The van der Waals surface area contributed by atoms with Gasteiger partial charge in [-0.15, -0.1) is 0 Å². The summed E-state index contributed by atoms with van der Waals surface area (Å²) >= 11 is 14.3. The molecule has 0 aromatic heterocycles. The van der Waals surface area contributed by atoms with Gasteiger partial charge in [-0.25, -0.2) is 15.0 Å². The second-order valence-corrected chi connectivity index (χ2v) is 5.70. The number of hydrogen-bond donors (Lipinski definition) is 0. The summed E-state index contributed by atoms with van der Waals surface area (Å²) in [7, 11) is 0. The van der Waals surface area contributed by atoms with Gasteiger partial charge in [-0.05, 0) is 89.3 Å². The Morgan fingerprint density at radius 1 is 0.542 bits per heavy atom. The largest absolute Gasteiger partial charge is 0.228 e. The van der Waals surface area contributed by atoms with Crippen molar-refractivity contribution in [2.45, 2.75) is 59.7 Å². The van der Waals surface area contributed by atoms with Gasteiger partial charge in [0.25, 0.3) is 0 Å². The van der Waals surface area contributed by atoms with E-state index in [2.05, 4.69) is 51.2 Å². The lowest BCUT2D eigenvalue weighted by molar-refractivity contribution is 0.858. The van der Waals surface area contributed by atoms with Crippen LogP contribution in [0.5, 0.6) is 0 Å². The maximum absolute atomic E-state index is 4.76. The normalized spacial score (nSPS) is 9.62. The summed E-state index contributed by atoms with van der Waals surface area (Å²) in [4.78, 5) is 12.6. The summed E-state index contributed by atoms with van der Waals surface area (Å²) in [5, 5.41) is 7.43. The van der Waals surface area contributed by atoms with Crippen molar-refractivity contribution >= 4 is 52.1 Å². The van der Waals surface area contributed by atoms with E-state index in [1.807, 2.05) is 0 Å². The minimum absolute atomic E-state index is 0.530. The molecule has 0 radical (unpaired) electrons. The van der Waals surface area contributed by atoms with Crippen LogP contribution >= 0.6 is 36.7 Å². The quantitative estimate of drug-likeness (QED) is 0.441. The van der Waals surface area contributed by atoms with Crippen LogP contribution < -0.4 is 0 Å². The van der Waals surface area contributed by atoms with Crippen molar-refractivity contribution in [2.24, 2.45) is 15.0 Å². The molecule has 0 amide bonds. The standard InChI is InChI=1S/C18H21N3S3/c1-4-13-16(7-19-10-22)14(5-2)18(9-21-12-24)15(6-3)17(13)8-20-11-23/h4-9H2,1-3H3. The summed E-state index contributed by atoms with van der Waals surface area (Å²) in [6.07, 6.45) is 2.71. The number of hydrogen-bond acceptors (Lipinski definition) is 6. The van der Waals surface area contributed by atoms with Gasteiger partial charge in [-0.2, -0.15) is 0 Å². The number of rotatable bonds is 9. The van der Waals surface area contributed by atoms with Gasteiger partial charge in [0.2, 0.25) is 0 Å². The monoisotopic (exact) mass is 375 g/mol. The van der Waals surface area contributed by atoms with Crippen LogP contribution in [0.4, 0.5) is 0 Å². The van der Waals surface area contributed by atoms with Crippen LogP contribution in [0.3, 0.4) is 0 Å². The van der Waals surface area contributed by atoms with E-state index < -0.39 is 0 Å². The third-order valence-electron chi connectivity index (χ3n) is 4.15. The molecule has 0 aliphatic carbocycles. The molecule has 0 fully saturated rings. The van der Waals surface area contributed by atoms with E-state index in [0.29, 0.717) is 19.6 Å². The topological polar surface area (TPSA) is 37.1 Å². The van der Waals surface area contributed by atoms with E-state index in [4.69, 9.17) is 36.7 Å². The highest BCUT2D eigenvalue weighted by Crippen LogP contribution is 2.32. The van der Waals surface area contributed by atoms with Gasteiger partial charge in [-0.3, -0.25) is 0 Å². The van der Waals surface area contributed by atoms with Gasteiger partial charge in [0.15, 0.2) is 0 Å². The van der Waals surface area contributed by atoms with E-state index >= 15 is 0 Å². The number of thiocarbonyl (C=S) groups is 3. The van der Waals surface area contributed by atoms with Gasteiger partial charge < -0.3 is 0 Å². The van der Waals surface area contributed by atoms with Crippen molar-refractivity contribution in [2.75, 3.05) is 0 Å². The van der Waals surface area contributed by atoms with Crippen molar-refractivity contribution in [3.63, 3.8) is 0 Å². The van der Waals surface area contributed by atoms with Crippen molar-refractivity contribution in [3.8, 4) is 0 Å². The SMILES string of the molecule is CCc1c(CN=C=S)c(CC)c(CN=C=S)c(CC)c1CN=C=S. The second-order valence-electron chi connectivity index (χ2n) is 5.15. The molecule has 1 aromatic rings. The Morgan fingerprint density at radius 2 is 0.792 bits per heavy atom. The smallest absolute Gasteiger partial charge is 0.0748 e. The first-order valence-electron chi connectivity index (χ1n) is 7.97. The van der Waals surface area contributed by atoms with Gasteiger partial charge in [0.1, 0.15) is 0 Å². The van der Waals surface area contributed by atoms with E-state index in [9.17, 15) is 0 Å². The van der Waals surface area contributed by atoms with E-state index in [1.165, 1.54) is 33.4 Å². The van der Waals surface area contributed by atoms with Crippen molar-refractivity contribution in [1.82, 2.24) is 0 Å². The van der Waals surface area contributed by atoms with Crippen LogP contribution in [0.25, 0.3) is 0 Å². The second kappa shape index (κ2) is 11.2. The molecular weight excluding hydrogens is 354 g/mol. The fourth-order valence-electron chi connectivity index (χ4n) is 3.28. The Balaban J connectivity index is 3.86. The lowest BCUT2D eigenvalue weighted by Crippen LogP contribution is -2.12. The van der Waals surface area contributed by atoms with Crippen molar-refractivity contribution < 1.29 is 0 Å². The Kier molecular flexibility index (Phi) is 9.66. The van der Waals surface area contributed by atoms with Gasteiger partial charge >= 0.3 is 0 Å². The fourth-order valence-corrected chi connectivity index (χ4v) is 3.47. The third-order valence-corrected chi connectivity index (χ3v) is 4.54. The molecule has 0 unspecified atom stereocenters. The summed E-state index contributed by atoms with van der Waals surface area (Å²) < 4.78 is 0. The molecule has 1 aromatic carbocycles. The number of nitrogens with zero attached hydrogens (tertiary/aromatic N) is 3. The van der Waals surface area contributed by atoms with Crippen LogP contribution in [-0.4, -0.2) is 15.5 Å². The Bertz CT molecular complexity index is 615. The molecule has 126 valence electrons. The first-order chi connectivity index (χ1) is 11.7. The van der Waals surface area contributed by atoms with Crippen LogP contribution in [0.1, 0.15) is 54.2 Å². The number of aliphatic imine (C=N–C) groups is 3. The lowest BCUT2D eigenvalue weighted by atomic mass is 9.83. The molecule has 24 heavy (non-hydrogen) atoms. The first kappa shape index (κ1) is 20.7. The highest BCUT2D eigenvalue weighted by Gasteiger charge is 2.20. The zero-order chi connectivity index (χ0) is 17.9. The Labute approximate surface area is 160 Å². The molecule has 1 rings (SSSR count). The molecule has 0 bridgehead atoms. The van der Waals surface area contributed by atoms with Crippen molar-refractivity contribution in [1.29, 1.82) is 0 Å². The fraction of sp³-hybridized carbons (Fsp3) is 0.500. The molecule has 0 N–H and O–H groups in total. The lowest BCUT2D eigenvalue weighted by Gasteiger charge is -2.23. The van der Waals surface area contributed by atoms with Crippen molar-refractivity contribution in [3.05, 3.63) is 33.4 Å². The maximum Gasteiger partial charge on any atom is 0.0748 e. The zero-order valence-corrected chi connectivity index (χ0v) is 16.8. The summed E-state index contributed by atoms with van der Waals surface area (Å²) in [5.74, 6) is 0. The number of benzene rings is 1. The predicted molar refractivity (Wildman–Crippen MR) is 111 cm³/mol. The molecule has 0 aliphatic rings. The summed E-state index contributed by atoms with van der Waals surface area (Å²) in [6.45, 7) is 8.04. The minimum Gasteiger partial charge on any atom is -0.228 e. The number of isothiocyanates is 3. The molecule has 0 atom stereocenters. The highest BCUT2D eigenvalue weighted by molar-refractivity contribution is 7.78. The van der Waals surface area contributed by atoms with Crippen LogP contribution in [0.2, 0.25) is 0 Å². The van der Waals surface area contributed by atoms with Gasteiger partial charge in [0, 0.05) is 0 Å². The van der Waals surface area contributed by atoms with Gasteiger partial charge in [-0.1, -0.05) is 20.8 Å². The average Bonchev–Trinajstić information content (AvgIpc) is 2.61. The predicted octanol–water partition coefficient (Wildman–Crippen LogP) is 5.18. The molecule has 0 saturated heterocycles. The van der Waals surface area contributed by atoms with E-state index in [0.717, 1.165) is 19.3 Å². The molecule has 6 heteroatoms. The molecule has 0 heterocycles. The minimum atomic E-state index is 0.530. The summed E-state index contributed by atoms with van der Waals surface area (Å²) in [5.41, 5.74) is 7.46. The summed E-state index contributed by atoms with van der Waals surface area (Å²) in [6, 6.07) is 0. The Hall–Kier alpha value is -1.38. The van der Waals surface area contributed by atoms with E-state index in [1.54, 1.807) is 0 Å². The van der Waals surface area contributed by atoms with Gasteiger partial charge in [0.05, 0.1) is 35.1 Å². The maximum atomic E-state index is 4.76. The first-order valence-corrected chi connectivity index (χ1v) is 9.20. The van der Waals surface area contributed by atoms with Crippen LogP contribution in [0, 0.1) is 0 Å². The third kappa shape index (κ3) is 4.81. The molecule has 0 aliphatic heterocycles. The molecular formula is C18H21N3S3. The van der Waals surface area contributed by atoms with Crippen LogP contribution in [-0.2, 0) is 38.9 Å². The highest BCUT2D eigenvalue weighted by atomic mass is 32.1. The zero-order valence-electron chi connectivity index (χ0n) is 14.3.